The summed E-state index contributed by atoms with van der Waals surface area (Å²) in [5, 5.41) is 2.99. The molecular weight excluding hydrogens is 322 g/mol. The molecule has 132 valence electrons. The summed E-state index contributed by atoms with van der Waals surface area (Å²) in [5.74, 6) is 0.899. The fourth-order valence-electron chi connectivity index (χ4n) is 2.84. The van der Waals surface area contributed by atoms with Crippen molar-refractivity contribution in [3.63, 3.8) is 0 Å². The van der Waals surface area contributed by atoms with E-state index in [2.05, 4.69) is 17.4 Å². The van der Waals surface area contributed by atoms with Crippen LogP contribution in [0.15, 0.2) is 78.9 Å². The number of rotatable bonds is 7. The van der Waals surface area contributed by atoms with Crippen LogP contribution in [0, 0.1) is 0 Å². The Hall–Kier alpha value is -3.07. The lowest BCUT2D eigenvalue weighted by Gasteiger charge is -2.07. The number of nitrogens with one attached hydrogen (secondary N) is 1. The number of hydrogen-bond acceptors (Lipinski definition) is 2. The first-order chi connectivity index (χ1) is 12.7. The maximum atomic E-state index is 12.1. The minimum Gasteiger partial charge on any atom is -0.497 e. The van der Waals surface area contributed by atoms with Crippen LogP contribution >= 0.6 is 0 Å². The third-order valence-electron chi connectivity index (χ3n) is 4.32. The summed E-state index contributed by atoms with van der Waals surface area (Å²) in [5.41, 5.74) is 4.50. The molecule has 0 fully saturated rings. The third kappa shape index (κ3) is 4.96. The van der Waals surface area contributed by atoms with Crippen LogP contribution < -0.4 is 10.1 Å². The summed E-state index contributed by atoms with van der Waals surface area (Å²) < 4.78 is 5.18. The molecule has 26 heavy (non-hydrogen) atoms. The van der Waals surface area contributed by atoms with Crippen LogP contribution in [0.25, 0.3) is 11.1 Å². The average molecular weight is 345 g/mol. The Bertz CT molecular complexity index is 824. The Morgan fingerprint density at radius 1 is 0.808 bits per heavy atom. The van der Waals surface area contributed by atoms with Crippen LogP contribution in [0.2, 0.25) is 0 Å². The van der Waals surface area contributed by atoms with E-state index in [1.165, 1.54) is 5.56 Å². The first-order valence-corrected chi connectivity index (χ1v) is 8.78. The maximum Gasteiger partial charge on any atom is 0.224 e. The van der Waals surface area contributed by atoms with Gasteiger partial charge in [0.15, 0.2) is 0 Å². The van der Waals surface area contributed by atoms with Gasteiger partial charge in [-0.05, 0) is 40.8 Å². The van der Waals surface area contributed by atoms with Crippen molar-refractivity contribution in [1.82, 2.24) is 5.32 Å². The zero-order chi connectivity index (χ0) is 18.2. The van der Waals surface area contributed by atoms with Gasteiger partial charge >= 0.3 is 0 Å². The molecule has 0 spiro atoms. The normalized spacial score (nSPS) is 10.3. The molecule has 0 atom stereocenters. The van der Waals surface area contributed by atoms with Gasteiger partial charge in [0.25, 0.3) is 0 Å². The molecule has 3 nitrogen and oxygen atoms in total. The molecule has 0 aliphatic carbocycles. The second kappa shape index (κ2) is 8.86. The molecule has 3 heteroatoms. The van der Waals surface area contributed by atoms with Gasteiger partial charge < -0.3 is 10.1 Å². The average Bonchev–Trinajstić information content (AvgIpc) is 2.69. The first-order valence-electron chi connectivity index (χ1n) is 8.78. The minimum absolute atomic E-state index is 0.0538. The summed E-state index contributed by atoms with van der Waals surface area (Å²) in [6, 6.07) is 26.3. The van der Waals surface area contributed by atoms with Crippen molar-refractivity contribution >= 4 is 5.91 Å². The molecule has 0 aromatic heterocycles. The van der Waals surface area contributed by atoms with Gasteiger partial charge in [-0.25, -0.2) is 0 Å². The fourth-order valence-corrected chi connectivity index (χ4v) is 2.84. The van der Waals surface area contributed by atoms with Crippen LogP contribution in [-0.2, 0) is 17.6 Å². The highest BCUT2D eigenvalue weighted by Gasteiger charge is 2.04. The second-order valence-corrected chi connectivity index (χ2v) is 6.19. The molecule has 0 saturated heterocycles. The van der Waals surface area contributed by atoms with E-state index < -0.39 is 0 Å². The molecule has 0 aliphatic heterocycles. The Morgan fingerprint density at radius 2 is 1.42 bits per heavy atom. The van der Waals surface area contributed by atoms with Crippen LogP contribution in [0.5, 0.6) is 5.75 Å². The molecule has 0 unspecified atom stereocenters. The topological polar surface area (TPSA) is 38.3 Å². The van der Waals surface area contributed by atoms with E-state index in [0.29, 0.717) is 13.0 Å². The van der Waals surface area contributed by atoms with Crippen molar-refractivity contribution in [2.24, 2.45) is 0 Å². The molecule has 3 aromatic rings. The monoisotopic (exact) mass is 345 g/mol. The highest BCUT2D eigenvalue weighted by Crippen LogP contribution is 2.22. The van der Waals surface area contributed by atoms with Gasteiger partial charge in [0.05, 0.1) is 13.5 Å². The van der Waals surface area contributed by atoms with Crippen molar-refractivity contribution in [2.75, 3.05) is 13.7 Å². The van der Waals surface area contributed by atoms with Crippen molar-refractivity contribution < 1.29 is 9.53 Å². The van der Waals surface area contributed by atoms with Gasteiger partial charge in [0.2, 0.25) is 5.91 Å². The molecule has 0 aliphatic rings. The van der Waals surface area contributed by atoms with Crippen molar-refractivity contribution in [2.45, 2.75) is 12.8 Å². The Kier molecular flexibility index (Phi) is 6.05. The minimum atomic E-state index is 0.0538. The largest absolute Gasteiger partial charge is 0.497 e. The van der Waals surface area contributed by atoms with Crippen LogP contribution in [0.4, 0.5) is 0 Å². The van der Waals surface area contributed by atoms with E-state index in [-0.39, 0.29) is 5.91 Å². The number of ether oxygens (including phenoxy) is 1. The molecule has 3 aromatic carbocycles. The van der Waals surface area contributed by atoms with Gasteiger partial charge in [-0.1, -0.05) is 66.7 Å². The fraction of sp³-hybridized carbons (Fsp3) is 0.174. The lowest BCUT2D eigenvalue weighted by molar-refractivity contribution is -0.120. The summed E-state index contributed by atoms with van der Waals surface area (Å²) in [6.07, 6.45) is 1.25. The molecule has 0 saturated carbocycles. The first kappa shape index (κ1) is 17.7. The van der Waals surface area contributed by atoms with Crippen molar-refractivity contribution in [1.29, 1.82) is 0 Å². The molecule has 3 rings (SSSR count). The number of methoxy groups -OCH3 is 1. The summed E-state index contributed by atoms with van der Waals surface area (Å²) in [6.45, 7) is 0.660. The highest BCUT2D eigenvalue weighted by molar-refractivity contribution is 5.78. The van der Waals surface area contributed by atoms with E-state index >= 15 is 0 Å². The molecule has 0 bridgehead atoms. The SMILES string of the molecule is COc1ccc(-c2ccc(CC(=O)NCCc3ccccc3)cc2)cc1. The zero-order valence-electron chi connectivity index (χ0n) is 14.9. The Morgan fingerprint density at radius 3 is 2.04 bits per heavy atom. The maximum absolute atomic E-state index is 12.1. The summed E-state index contributed by atoms with van der Waals surface area (Å²) in [4.78, 5) is 12.1. The predicted octanol–water partition coefficient (Wildman–Crippen LogP) is 4.26. The lowest BCUT2D eigenvalue weighted by atomic mass is 10.0. The van der Waals surface area contributed by atoms with E-state index in [1.54, 1.807) is 7.11 Å². The van der Waals surface area contributed by atoms with E-state index in [1.807, 2.05) is 66.7 Å². The van der Waals surface area contributed by atoms with E-state index in [9.17, 15) is 4.79 Å². The van der Waals surface area contributed by atoms with Crippen LogP contribution in [-0.4, -0.2) is 19.6 Å². The molecule has 0 radical (unpaired) electrons. The number of amides is 1. The number of carbonyl (C=O) groups excluding carboxylic acids is 1. The summed E-state index contributed by atoms with van der Waals surface area (Å²) in [7, 11) is 1.66. The number of benzene rings is 3. The third-order valence-corrected chi connectivity index (χ3v) is 4.32. The predicted molar refractivity (Wildman–Crippen MR) is 105 cm³/mol. The Balaban J connectivity index is 1.51. The smallest absolute Gasteiger partial charge is 0.224 e. The van der Waals surface area contributed by atoms with Gasteiger partial charge in [0, 0.05) is 6.54 Å². The second-order valence-electron chi connectivity index (χ2n) is 6.19. The highest BCUT2D eigenvalue weighted by atomic mass is 16.5. The molecular formula is C23H23NO2. The molecule has 1 N–H and O–H groups in total. The standard InChI is InChI=1S/C23H23NO2/c1-26-22-13-11-21(12-14-22)20-9-7-19(8-10-20)17-23(25)24-16-15-18-5-3-2-4-6-18/h2-14H,15-17H2,1H3,(H,24,25). The van der Waals surface area contributed by atoms with E-state index in [0.717, 1.165) is 28.9 Å². The van der Waals surface area contributed by atoms with Crippen LogP contribution in [0.3, 0.4) is 0 Å². The summed E-state index contributed by atoms with van der Waals surface area (Å²) >= 11 is 0. The zero-order valence-corrected chi connectivity index (χ0v) is 14.9. The van der Waals surface area contributed by atoms with Crippen molar-refractivity contribution in [3.05, 3.63) is 90.0 Å². The molecule has 0 heterocycles. The van der Waals surface area contributed by atoms with Crippen LogP contribution in [0.1, 0.15) is 11.1 Å². The van der Waals surface area contributed by atoms with Gasteiger partial charge in [-0.15, -0.1) is 0 Å². The van der Waals surface area contributed by atoms with Gasteiger partial charge in [-0.2, -0.15) is 0 Å². The van der Waals surface area contributed by atoms with Gasteiger partial charge in [-0.3, -0.25) is 4.79 Å². The van der Waals surface area contributed by atoms with Gasteiger partial charge in [0.1, 0.15) is 5.75 Å². The quantitative estimate of drug-likeness (QED) is 0.695. The molecule has 1 amide bonds. The lowest BCUT2D eigenvalue weighted by Crippen LogP contribution is -2.27. The Labute approximate surface area is 154 Å². The number of carbonyl (C=O) groups is 1. The van der Waals surface area contributed by atoms with Crippen molar-refractivity contribution in [3.8, 4) is 16.9 Å². The van der Waals surface area contributed by atoms with E-state index in [4.69, 9.17) is 4.74 Å². The number of hydrogen-bond donors (Lipinski definition) is 1.